The Kier molecular flexibility index (Phi) is 6.18. The monoisotopic (exact) mass is 417 g/mol. The van der Waals surface area contributed by atoms with Crippen LogP contribution < -0.4 is 0 Å². The highest BCUT2D eigenvalue weighted by Crippen LogP contribution is 2.29. The Morgan fingerprint density at radius 1 is 0.897 bits per heavy atom. The summed E-state index contributed by atoms with van der Waals surface area (Å²) in [5.41, 5.74) is 0.756. The van der Waals surface area contributed by atoms with Crippen LogP contribution in [0.2, 0.25) is 5.02 Å². The normalized spacial score (nSPS) is 18.1. The fraction of sp³-hybridized carbons (Fsp3) is 0.429. The molecule has 1 aromatic carbocycles. The van der Waals surface area contributed by atoms with Crippen molar-refractivity contribution in [2.24, 2.45) is 0 Å². The van der Waals surface area contributed by atoms with Gasteiger partial charge in [0.1, 0.15) is 5.76 Å². The minimum atomic E-state index is -0.163. The summed E-state index contributed by atoms with van der Waals surface area (Å²) in [6.45, 7) is 5.40. The molecule has 2 fully saturated rings. The van der Waals surface area contributed by atoms with E-state index in [1.807, 2.05) is 23.1 Å². The van der Waals surface area contributed by atoms with Gasteiger partial charge in [0.05, 0.1) is 24.8 Å². The summed E-state index contributed by atoms with van der Waals surface area (Å²) in [5, 5.41) is 0.577. The number of benzene rings is 1. The number of amides is 2. The zero-order valence-corrected chi connectivity index (χ0v) is 16.9. The zero-order chi connectivity index (χ0) is 20.2. The molecule has 0 N–H and O–H groups in total. The maximum Gasteiger partial charge on any atom is 0.289 e. The third-order valence-electron chi connectivity index (χ3n) is 5.34. The van der Waals surface area contributed by atoms with Crippen molar-refractivity contribution in [3.8, 4) is 11.3 Å². The Morgan fingerprint density at radius 3 is 2.31 bits per heavy atom. The van der Waals surface area contributed by atoms with Crippen LogP contribution in [0, 0.1) is 0 Å². The highest BCUT2D eigenvalue weighted by Gasteiger charge is 2.27. The van der Waals surface area contributed by atoms with Gasteiger partial charge in [-0.15, -0.1) is 0 Å². The number of carbonyl (C=O) groups excluding carboxylic acids is 2. The van der Waals surface area contributed by atoms with E-state index < -0.39 is 0 Å². The molecule has 0 radical (unpaired) electrons. The van der Waals surface area contributed by atoms with E-state index >= 15 is 0 Å². The Bertz CT molecular complexity index is 870. The lowest BCUT2D eigenvalue weighted by Gasteiger charge is -2.36. The van der Waals surface area contributed by atoms with Crippen LogP contribution in [0.25, 0.3) is 11.3 Å². The van der Waals surface area contributed by atoms with Crippen molar-refractivity contribution in [3.63, 3.8) is 0 Å². The summed E-state index contributed by atoms with van der Waals surface area (Å²) in [7, 11) is 0. The zero-order valence-electron chi connectivity index (χ0n) is 16.2. The molecule has 2 amide bonds. The molecule has 2 aliphatic heterocycles. The molecule has 0 aliphatic carbocycles. The molecule has 0 atom stereocenters. The first-order valence-electron chi connectivity index (χ1n) is 9.84. The first-order valence-corrected chi connectivity index (χ1v) is 10.2. The van der Waals surface area contributed by atoms with Crippen molar-refractivity contribution in [1.29, 1.82) is 0 Å². The second-order valence-electron chi connectivity index (χ2n) is 7.21. The summed E-state index contributed by atoms with van der Waals surface area (Å²) >= 11 is 6.21. The first kappa shape index (κ1) is 19.9. The number of nitrogens with zero attached hydrogens (tertiary/aromatic N) is 3. The molecule has 4 rings (SSSR count). The number of carbonyl (C=O) groups is 2. The lowest BCUT2D eigenvalue weighted by Crippen LogP contribution is -2.53. The summed E-state index contributed by atoms with van der Waals surface area (Å²) in [4.78, 5) is 31.0. The van der Waals surface area contributed by atoms with Crippen molar-refractivity contribution in [1.82, 2.24) is 14.7 Å². The van der Waals surface area contributed by atoms with Gasteiger partial charge in [0, 0.05) is 44.8 Å². The molecule has 2 saturated heterocycles. The van der Waals surface area contributed by atoms with Crippen molar-refractivity contribution >= 4 is 23.4 Å². The van der Waals surface area contributed by atoms with Crippen molar-refractivity contribution in [3.05, 3.63) is 47.2 Å². The van der Waals surface area contributed by atoms with Crippen molar-refractivity contribution in [2.45, 2.75) is 0 Å². The van der Waals surface area contributed by atoms with E-state index in [0.29, 0.717) is 56.7 Å². The average Bonchev–Trinajstić information content (AvgIpc) is 3.24. The molecule has 0 unspecified atom stereocenters. The molecule has 2 aliphatic rings. The van der Waals surface area contributed by atoms with E-state index in [0.717, 1.165) is 18.7 Å². The van der Waals surface area contributed by atoms with Crippen molar-refractivity contribution < 1.29 is 18.7 Å². The standard InChI is InChI=1S/C21H24ClN3O4/c22-17-4-2-1-3-16(17)18-5-6-19(29-18)21(27)25-9-7-24(8-10-25)20(26)15-23-11-13-28-14-12-23/h1-6H,7-15H2. The van der Waals surface area contributed by atoms with E-state index in [2.05, 4.69) is 4.90 Å². The summed E-state index contributed by atoms with van der Waals surface area (Å²) in [6, 6.07) is 10.8. The van der Waals surface area contributed by atoms with Crippen LogP contribution >= 0.6 is 11.6 Å². The van der Waals surface area contributed by atoms with E-state index in [1.165, 1.54) is 0 Å². The Hall–Kier alpha value is -2.35. The van der Waals surface area contributed by atoms with Crippen LogP contribution in [-0.4, -0.2) is 85.5 Å². The Labute approximate surface area is 174 Å². The number of hydrogen-bond acceptors (Lipinski definition) is 5. The van der Waals surface area contributed by atoms with Gasteiger partial charge >= 0.3 is 0 Å². The molecule has 0 spiro atoms. The van der Waals surface area contributed by atoms with Crippen LogP contribution in [0.1, 0.15) is 10.6 Å². The Morgan fingerprint density at radius 2 is 1.59 bits per heavy atom. The Balaban J connectivity index is 1.32. The van der Waals surface area contributed by atoms with Gasteiger partial charge in [0.15, 0.2) is 5.76 Å². The molecule has 3 heterocycles. The number of halogens is 1. The fourth-order valence-corrected chi connectivity index (χ4v) is 3.85. The topological polar surface area (TPSA) is 66.2 Å². The summed E-state index contributed by atoms with van der Waals surface area (Å²) in [6.07, 6.45) is 0. The van der Waals surface area contributed by atoms with Gasteiger partial charge in [-0.05, 0) is 24.3 Å². The molecule has 0 saturated carbocycles. The van der Waals surface area contributed by atoms with Crippen LogP contribution in [0.4, 0.5) is 0 Å². The van der Waals surface area contributed by atoms with Crippen LogP contribution in [-0.2, 0) is 9.53 Å². The van der Waals surface area contributed by atoms with Gasteiger partial charge in [-0.3, -0.25) is 14.5 Å². The van der Waals surface area contributed by atoms with Gasteiger partial charge in [0.2, 0.25) is 5.91 Å². The van der Waals surface area contributed by atoms with Gasteiger partial charge in [-0.25, -0.2) is 0 Å². The van der Waals surface area contributed by atoms with Gasteiger partial charge in [-0.1, -0.05) is 23.7 Å². The summed E-state index contributed by atoms with van der Waals surface area (Å²) < 4.78 is 11.1. The van der Waals surface area contributed by atoms with Gasteiger partial charge in [-0.2, -0.15) is 0 Å². The molecule has 7 nitrogen and oxygen atoms in total. The highest BCUT2D eigenvalue weighted by atomic mass is 35.5. The van der Waals surface area contributed by atoms with Gasteiger partial charge < -0.3 is 19.0 Å². The average molecular weight is 418 g/mol. The third kappa shape index (κ3) is 4.63. The van der Waals surface area contributed by atoms with E-state index in [1.54, 1.807) is 23.1 Å². The molecule has 8 heteroatoms. The molecule has 154 valence electrons. The minimum absolute atomic E-state index is 0.109. The molecular formula is C21H24ClN3O4. The van der Waals surface area contributed by atoms with Crippen molar-refractivity contribution in [2.75, 3.05) is 59.0 Å². The molecule has 1 aromatic heterocycles. The number of rotatable bonds is 4. The predicted octanol–water partition coefficient (Wildman–Crippen LogP) is 2.22. The summed E-state index contributed by atoms with van der Waals surface area (Å²) in [5.74, 6) is 0.799. The van der Waals surface area contributed by atoms with E-state index in [4.69, 9.17) is 20.8 Å². The molecular weight excluding hydrogens is 394 g/mol. The second kappa shape index (κ2) is 8.98. The maximum atomic E-state index is 12.8. The number of hydrogen-bond donors (Lipinski definition) is 0. The van der Waals surface area contributed by atoms with E-state index in [9.17, 15) is 9.59 Å². The number of morpholine rings is 1. The minimum Gasteiger partial charge on any atom is -0.451 e. The third-order valence-corrected chi connectivity index (χ3v) is 5.67. The SMILES string of the molecule is O=C(CN1CCOCC1)N1CCN(C(=O)c2ccc(-c3ccccc3Cl)o2)CC1. The fourth-order valence-electron chi connectivity index (χ4n) is 3.62. The lowest BCUT2D eigenvalue weighted by atomic mass is 10.2. The van der Waals surface area contributed by atoms with Gasteiger partial charge in [0.25, 0.3) is 5.91 Å². The highest BCUT2D eigenvalue weighted by molar-refractivity contribution is 6.33. The van der Waals surface area contributed by atoms with Crippen LogP contribution in [0.15, 0.2) is 40.8 Å². The smallest absolute Gasteiger partial charge is 0.289 e. The van der Waals surface area contributed by atoms with Crippen LogP contribution in [0.3, 0.4) is 0 Å². The number of piperazine rings is 1. The largest absolute Gasteiger partial charge is 0.451 e. The number of ether oxygens (including phenoxy) is 1. The quantitative estimate of drug-likeness (QED) is 0.763. The molecule has 29 heavy (non-hydrogen) atoms. The first-order chi connectivity index (χ1) is 14.1. The number of furan rings is 1. The van der Waals surface area contributed by atoms with Crippen LogP contribution in [0.5, 0.6) is 0 Å². The second-order valence-corrected chi connectivity index (χ2v) is 7.61. The maximum absolute atomic E-state index is 12.8. The molecule has 0 bridgehead atoms. The van der Waals surface area contributed by atoms with E-state index in [-0.39, 0.29) is 17.6 Å². The lowest BCUT2D eigenvalue weighted by molar-refractivity contribution is -0.134. The molecule has 2 aromatic rings. The predicted molar refractivity (Wildman–Crippen MR) is 109 cm³/mol.